The van der Waals surface area contributed by atoms with Crippen molar-refractivity contribution >= 4 is 17.2 Å². The summed E-state index contributed by atoms with van der Waals surface area (Å²) >= 11 is 0. The van der Waals surface area contributed by atoms with Crippen molar-refractivity contribution < 1.29 is 4.74 Å². The number of ether oxygens (including phenoxy) is 1. The highest BCUT2D eigenvalue weighted by Gasteiger charge is 2.00. The molecule has 1 aromatic carbocycles. The zero-order valence-corrected chi connectivity index (χ0v) is 9.90. The van der Waals surface area contributed by atoms with Gasteiger partial charge >= 0.3 is 0 Å². The van der Waals surface area contributed by atoms with E-state index in [1.165, 1.54) is 0 Å². The Kier molecular flexibility index (Phi) is 3.14. The summed E-state index contributed by atoms with van der Waals surface area (Å²) in [6.45, 7) is 2.01. The molecule has 4 nitrogen and oxygen atoms in total. The minimum Gasteiger partial charge on any atom is -0.496 e. The number of anilines is 3. The number of nitrogens with zero attached hydrogens (tertiary/aromatic N) is 1. The van der Waals surface area contributed by atoms with E-state index in [0.29, 0.717) is 5.82 Å². The predicted molar refractivity (Wildman–Crippen MR) is 69.7 cm³/mol. The third-order valence-corrected chi connectivity index (χ3v) is 2.47. The highest BCUT2D eigenvalue weighted by atomic mass is 16.5. The van der Waals surface area contributed by atoms with Crippen molar-refractivity contribution in [2.24, 2.45) is 0 Å². The molecular weight excluding hydrogens is 214 g/mol. The molecule has 2 rings (SSSR count). The summed E-state index contributed by atoms with van der Waals surface area (Å²) in [5.74, 6) is 1.40. The zero-order chi connectivity index (χ0) is 12.3. The Morgan fingerprint density at radius 3 is 2.53 bits per heavy atom. The molecule has 0 bridgehead atoms. The van der Waals surface area contributed by atoms with Crippen LogP contribution in [0.25, 0.3) is 0 Å². The summed E-state index contributed by atoms with van der Waals surface area (Å²) < 4.78 is 5.21. The molecule has 0 radical (unpaired) electrons. The molecule has 4 heteroatoms. The van der Waals surface area contributed by atoms with E-state index in [9.17, 15) is 0 Å². The molecule has 0 aliphatic rings. The third kappa shape index (κ3) is 2.66. The highest BCUT2D eigenvalue weighted by molar-refractivity contribution is 5.61. The van der Waals surface area contributed by atoms with E-state index >= 15 is 0 Å². The quantitative estimate of drug-likeness (QED) is 0.849. The standard InChI is InChI=1S/C13H15N3O/c1-9-7-10(3-5-12(9)17-2)16-11-4-6-13(14)15-8-11/h3-8,16H,1-2H3,(H2,14,15). The lowest BCUT2D eigenvalue weighted by Gasteiger charge is -2.09. The molecule has 1 aromatic heterocycles. The van der Waals surface area contributed by atoms with Crippen LogP contribution in [0, 0.1) is 6.92 Å². The number of rotatable bonds is 3. The molecule has 0 saturated heterocycles. The molecule has 1 heterocycles. The maximum Gasteiger partial charge on any atom is 0.123 e. The van der Waals surface area contributed by atoms with E-state index in [1.54, 1.807) is 19.4 Å². The van der Waals surface area contributed by atoms with E-state index in [2.05, 4.69) is 10.3 Å². The molecular formula is C13H15N3O. The first-order chi connectivity index (χ1) is 8.19. The van der Waals surface area contributed by atoms with Crippen molar-refractivity contribution in [3.8, 4) is 5.75 Å². The largest absolute Gasteiger partial charge is 0.496 e. The van der Waals surface area contributed by atoms with Gasteiger partial charge in [-0.2, -0.15) is 0 Å². The van der Waals surface area contributed by atoms with Crippen molar-refractivity contribution in [3.63, 3.8) is 0 Å². The summed E-state index contributed by atoms with van der Waals surface area (Å²) in [5, 5.41) is 3.25. The number of pyridine rings is 1. The van der Waals surface area contributed by atoms with Crippen LogP contribution in [0.3, 0.4) is 0 Å². The Bertz CT molecular complexity index is 509. The molecule has 0 saturated carbocycles. The average molecular weight is 229 g/mol. The van der Waals surface area contributed by atoms with Gasteiger partial charge in [0.2, 0.25) is 0 Å². The number of nitrogen functional groups attached to an aromatic ring is 1. The molecule has 0 aliphatic carbocycles. The number of aryl methyl sites for hydroxylation is 1. The van der Waals surface area contributed by atoms with Crippen molar-refractivity contribution in [1.29, 1.82) is 0 Å². The minimum atomic E-state index is 0.515. The first-order valence-corrected chi connectivity index (χ1v) is 5.32. The molecule has 88 valence electrons. The molecule has 0 aliphatic heterocycles. The van der Waals surface area contributed by atoms with Gasteiger partial charge in [0.05, 0.1) is 19.0 Å². The smallest absolute Gasteiger partial charge is 0.123 e. The first-order valence-electron chi connectivity index (χ1n) is 5.32. The monoisotopic (exact) mass is 229 g/mol. The number of hydrogen-bond acceptors (Lipinski definition) is 4. The van der Waals surface area contributed by atoms with E-state index < -0.39 is 0 Å². The number of hydrogen-bond donors (Lipinski definition) is 2. The van der Waals surface area contributed by atoms with Crippen LogP contribution in [-0.2, 0) is 0 Å². The zero-order valence-electron chi connectivity index (χ0n) is 9.90. The van der Waals surface area contributed by atoms with Crippen molar-refractivity contribution in [2.45, 2.75) is 6.92 Å². The number of benzene rings is 1. The van der Waals surface area contributed by atoms with Crippen molar-refractivity contribution in [3.05, 3.63) is 42.1 Å². The van der Waals surface area contributed by atoms with E-state index in [1.807, 2.05) is 31.2 Å². The van der Waals surface area contributed by atoms with Crippen molar-refractivity contribution in [2.75, 3.05) is 18.2 Å². The normalized spacial score (nSPS) is 10.0. The maximum atomic E-state index is 5.53. The van der Waals surface area contributed by atoms with Gasteiger partial charge in [0, 0.05) is 5.69 Å². The number of methoxy groups -OCH3 is 1. The van der Waals surface area contributed by atoms with Gasteiger partial charge in [-0.3, -0.25) is 0 Å². The second-order valence-corrected chi connectivity index (χ2v) is 3.78. The fraction of sp³-hybridized carbons (Fsp3) is 0.154. The molecule has 17 heavy (non-hydrogen) atoms. The Balaban J connectivity index is 2.19. The van der Waals surface area contributed by atoms with Crippen LogP contribution in [0.1, 0.15) is 5.56 Å². The highest BCUT2D eigenvalue weighted by Crippen LogP contribution is 2.23. The molecule has 0 fully saturated rings. The second kappa shape index (κ2) is 4.74. The summed E-state index contributed by atoms with van der Waals surface area (Å²) in [7, 11) is 1.67. The molecule has 2 aromatic rings. The average Bonchev–Trinajstić information content (AvgIpc) is 2.32. The van der Waals surface area contributed by atoms with Crippen LogP contribution in [0.5, 0.6) is 5.75 Å². The fourth-order valence-corrected chi connectivity index (χ4v) is 1.60. The van der Waals surface area contributed by atoms with Crippen LogP contribution in [0.2, 0.25) is 0 Å². The lowest BCUT2D eigenvalue weighted by Crippen LogP contribution is -1.95. The van der Waals surface area contributed by atoms with Crippen molar-refractivity contribution in [1.82, 2.24) is 4.98 Å². The van der Waals surface area contributed by atoms with Gasteiger partial charge in [-0.15, -0.1) is 0 Å². The van der Waals surface area contributed by atoms with Gasteiger partial charge in [0.15, 0.2) is 0 Å². The number of nitrogens with one attached hydrogen (secondary N) is 1. The Labute approximate surface area is 100 Å². The van der Waals surface area contributed by atoms with E-state index in [4.69, 9.17) is 10.5 Å². The SMILES string of the molecule is COc1ccc(Nc2ccc(N)nc2)cc1C. The number of nitrogens with two attached hydrogens (primary N) is 1. The molecule has 0 spiro atoms. The predicted octanol–water partition coefficient (Wildman–Crippen LogP) is 2.72. The summed E-state index contributed by atoms with van der Waals surface area (Å²) in [4.78, 5) is 4.02. The molecule has 3 N–H and O–H groups in total. The van der Waals surface area contributed by atoms with Crippen LogP contribution < -0.4 is 15.8 Å². The number of aromatic nitrogens is 1. The lowest BCUT2D eigenvalue weighted by molar-refractivity contribution is 0.412. The van der Waals surface area contributed by atoms with Gasteiger partial charge < -0.3 is 15.8 Å². The van der Waals surface area contributed by atoms with Gasteiger partial charge in [0.25, 0.3) is 0 Å². The van der Waals surface area contributed by atoms with Crippen LogP contribution in [0.4, 0.5) is 17.2 Å². The minimum absolute atomic E-state index is 0.515. The van der Waals surface area contributed by atoms with Gasteiger partial charge in [-0.1, -0.05) is 0 Å². The Morgan fingerprint density at radius 2 is 1.94 bits per heavy atom. The topological polar surface area (TPSA) is 60.2 Å². The molecule has 0 atom stereocenters. The van der Waals surface area contributed by atoms with Crippen LogP contribution in [0.15, 0.2) is 36.5 Å². The molecule has 0 unspecified atom stereocenters. The first kappa shape index (κ1) is 11.3. The third-order valence-electron chi connectivity index (χ3n) is 2.47. The molecule has 0 amide bonds. The summed E-state index contributed by atoms with van der Waals surface area (Å²) in [5.41, 5.74) is 8.51. The lowest BCUT2D eigenvalue weighted by atomic mass is 10.2. The maximum absolute atomic E-state index is 5.53. The Morgan fingerprint density at radius 1 is 1.18 bits per heavy atom. The summed E-state index contributed by atoms with van der Waals surface area (Å²) in [6, 6.07) is 9.57. The van der Waals surface area contributed by atoms with Gasteiger partial charge in [0.1, 0.15) is 11.6 Å². The van der Waals surface area contributed by atoms with E-state index in [-0.39, 0.29) is 0 Å². The van der Waals surface area contributed by atoms with E-state index in [0.717, 1.165) is 22.7 Å². The summed E-state index contributed by atoms with van der Waals surface area (Å²) in [6.07, 6.45) is 1.70. The second-order valence-electron chi connectivity index (χ2n) is 3.78. The van der Waals surface area contributed by atoms with Gasteiger partial charge in [-0.25, -0.2) is 4.98 Å². The van der Waals surface area contributed by atoms with Crippen LogP contribution in [-0.4, -0.2) is 12.1 Å². The Hall–Kier alpha value is -2.23. The van der Waals surface area contributed by atoms with Gasteiger partial charge in [-0.05, 0) is 42.8 Å². The fourth-order valence-electron chi connectivity index (χ4n) is 1.60. The van der Waals surface area contributed by atoms with Crippen LogP contribution >= 0.6 is 0 Å².